The summed E-state index contributed by atoms with van der Waals surface area (Å²) >= 11 is 0. The van der Waals surface area contributed by atoms with Gasteiger partial charge in [-0.3, -0.25) is 9.69 Å². The second-order valence-corrected chi connectivity index (χ2v) is 8.75. The fraction of sp³-hybridized carbons (Fsp3) is 0.370. The molecular weight excluding hydrogens is 499 g/mol. The highest BCUT2D eigenvalue weighted by Gasteiger charge is 2.30. The molecule has 0 atom stereocenters. The molecule has 3 aromatic rings. The number of rotatable bonds is 9. The summed E-state index contributed by atoms with van der Waals surface area (Å²) in [6, 6.07) is 11.5. The maximum atomic E-state index is 13.0. The van der Waals surface area contributed by atoms with E-state index in [1.807, 2.05) is 6.92 Å². The van der Waals surface area contributed by atoms with Crippen LogP contribution in [0.4, 0.5) is 18.9 Å². The van der Waals surface area contributed by atoms with E-state index in [9.17, 15) is 23.2 Å². The molecule has 4 rings (SSSR count). The Morgan fingerprint density at radius 3 is 2.58 bits per heavy atom. The van der Waals surface area contributed by atoms with Crippen LogP contribution in [-0.2, 0) is 17.3 Å². The number of nitriles is 1. The normalized spacial score (nSPS) is 14.2. The molecule has 0 aliphatic carbocycles. The predicted molar refractivity (Wildman–Crippen MR) is 134 cm³/mol. The summed E-state index contributed by atoms with van der Waals surface area (Å²) in [6.07, 6.45) is -1.83. The Hall–Kier alpha value is -3.88. The van der Waals surface area contributed by atoms with Gasteiger partial charge in [0.15, 0.2) is 0 Å². The van der Waals surface area contributed by atoms with E-state index in [0.29, 0.717) is 41.4 Å². The maximum Gasteiger partial charge on any atom is 0.416 e. The van der Waals surface area contributed by atoms with E-state index >= 15 is 0 Å². The van der Waals surface area contributed by atoms with Crippen LogP contribution in [0.15, 0.2) is 48.7 Å². The Bertz CT molecular complexity index is 1290. The summed E-state index contributed by atoms with van der Waals surface area (Å²) in [5.74, 6) is -0.0000667. The summed E-state index contributed by atoms with van der Waals surface area (Å²) in [5.41, 5.74) is 1.19. The Morgan fingerprint density at radius 2 is 1.92 bits per heavy atom. The van der Waals surface area contributed by atoms with Crippen molar-refractivity contribution in [3.63, 3.8) is 0 Å². The van der Waals surface area contributed by atoms with E-state index in [4.69, 9.17) is 9.47 Å². The van der Waals surface area contributed by atoms with Gasteiger partial charge in [0.05, 0.1) is 54.1 Å². The van der Waals surface area contributed by atoms with Gasteiger partial charge in [-0.2, -0.15) is 23.5 Å². The van der Waals surface area contributed by atoms with Gasteiger partial charge in [-0.25, -0.2) is 4.68 Å². The number of halogens is 3. The van der Waals surface area contributed by atoms with Crippen molar-refractivity contribution in [2.24, 2.45) is 0 Å². The van der Waals surface area contributed by atoms with Crippen molar-refractivity contribution in [2.45, 2.75) is 25.9 Å². The van der Waals surface area contributed by atoms with E-state index in [1.54, 1.807) is 18.2 Å². The van der Waals surface area contributed by atoms with Crippen molar-refractivity contribution >= 4 is 11.6 Å². The number of alkyl halides is 3. The first-order valence-corrected chi connectivity index (χ1v) is 12.3. The standard InChI is InChI=1S/C27H28F3N5O3/c1-2-24-23(18-32-35(24)22-7-4-20(5-8-22)27(28,29)30)26(36)33-21-6-9-25(19(16-21)17-31)38-13-3-10-34-11-14-37-15-12-34/h4-9,16,18H,2-3,10-15H2,1H3,(H,33,36). The number of morpholine rings is 1. The molecule has 1 fully saturated rings. The molecule has 2 heterocycles. The van der Waals surface area contributed by atoms with Gasteiger partial charge in [-0.1, -0.05) is 6.92 Å². The summed E-state index contributed by atoms with van der Waals surface area (Å²) in [6.45, 7) is 6.46. The van der Waals surface area contributed by atoms with Gasteiger partial charge in [-0.05, 0) is 55.3 Å². The predicted octanol–water partition coefficient (Wildman–Crippen LogP) is 4.68. The van der Waals surface area contributed by atoms with Gasteiger partial charge < -0.3 is 14.8 Å². The third kappa shape index (κ3) is 6.51. The molecule has 1 N–H and O–H groups in total. The zero-order valence-electron chi connectivity index (χ0n) is 20.9. The van der Waals surface area contributed by atoms with Gasteiger partial charge in [0.1, 0.15) is 11.8 Å². The lowest BCUT2D eigenvalue weighted by Crippen LogP contribution is -2.37. The van der Waals surface area contributed by atoms with Crippen molar-refractivity contribution in [3.05, 3.63) is 71.0 Å². The molecule has 1 aliphatic heterocycles. The number of amides is 1. The molecule has 1 aromatic heterocycles. The van der Waals surface area contributed by atoms with Crippen LogP contribution in [0.1, 0.15) is 40.5 Å². The lowest BCUT2D eigenvalue weighted by Gasteiger charge is -2.26. The number of nitrogens with zero attached hydrogens (tertiary/aromatic N) is 4. The molecule has 38 heavy (non-hydrogen) atoms. The SMILES string of the molecule is CCc1c(C(=O)Nc2ccc(OCCCN3CCOCC3)c(C#N)c2)cnn1-c1ccc(C(F)(F)F)cc1. The highest BCUT2D eigenvalue weighted by molar-refractivity contribution is 6.05. The number of ether oxygens (including phenoxy) is 2. The molecule has 0 unspecified atom stereocenters. The van der Waals surface area contributed by atoms with E-state index in [-0.39, 0.29) is 5.56 Å². The average Bonchev–Trinajstić information content (AvgIpc) is 3.36. The molecule has 1 saturated heterocycles. The van der Waals surface area contributed by atoms with Gasteiger partial charge in [0, 0.05) is 25.3 Å². The minimum Gasteiger partial charge on any atom is -0.492 e. The Balaban J connectivity index is 1.41. The summed E-state index contributed by atoms with van der Waals surface area (Å²) < 4.78 is 51.3. The third-order valence-electron chi connectivity index (χ3n) is 6.23. The highest BCUT2D eigenvalue weighted by Crippen LogP contribution is 2.30. The number of benzene rings is 2. The van der Waals surface area contributed by atoms with Crippen molar-refractivity contribution in [3.8, 4) is 17.5 Å². The fourth-order valence-electron chi connectivity index (χ4n) is 4.23. The minimum atomic E-state index is -4.44. The molecule has 1 amide bonds. The Labute approximate surface area is 218 Å². The zero-order chi connectivity index (χ0) is 27.1. The van der Waals surface area contributed by atoms with E-state index in [0.717, 1.165) is 51.4 Å². The van der Waals surface area contributed by atoms with Gasteiger partial charge in [0.2, 0.25) is 0 Å². The fourth-order valence-corrected chi connectivity index (χ4v) is 4.23. The van der Waals surface area contributed by atoms with Gasteiger partial charge in [-0.15, -0.1) is 0 Å². The van der Waals surface area contributed by atoms with Crippen LogP contribution in [0, 0.1) is 11.3 Å². The number of hydrogen-bond donors (Lipinski definition) is 1. The summed E-state index contributed by atoms with van der Waals surface area (Å²) in [4.78, 5) is 15.3. The highest BCUT2D eigenvalue weighted by atomic mass is 19.4. The van der Waals surface area contributed by atoms with E-state index in [1.165, 1.54) is 23.0 Å². The largest absolute Gasteiger partial charge is 0.492 e. The third-order valence-corrected chi connectivity index (χ3v) is 6.23. The molecule has 0 spiro atoms. The van der Waals surface area contributed by atoms with Crippen LogP contribution in [-0.4, -0.2) is 60.0 Å². The topological polar surface area (TPSA) is 92.4 Å². The number of carbonyl (C=O) groups excluding carboxylic acids is 1. The number of nitrogens with one attached hydrogen (secondary N) is 1. The van der Waals surface area contributed by atoms with Crippen LogP contribution in [0.5, 0.6) is 5.75 Å². The maximum absolute atomic E-state index is 13.0. The van der Waals surface area contributed by atoms with E-state index < -0.39 is 17.6 Å². The monoisotopic (exact) mass is 527 g/mol. The smallest absolute Gasteiger partial charge is 0.416 e. The zero-order valence-corrected chi connectivity index (χ0v) is 20.9. The first-order valence-electron chi connectivity index (χ1n) is 12.3. The first-order chi connectivity index (χ1) is 18.3. The van der Waals surface area contributed by atoms with Gasteiger partial charge in [0.25, 0.3) is 5.91 Å². The van der Waals surface area contributed by atoms with Crippen molar-refractivity contribution < 1.29 is 27.4 Å². The first kappa shape index (κ1) is 27.2. The minimum absolute atomic E-state index is 0.286. The quantitative estimate of drug-likeness (QED) is 0.407. The lowest BCUT2D eigenvalue weighted by molar-refractivity contribution is -0.137. The molecule has 8 nitrogen and oxygen atoms in total. The molecule has 0 radical (unpaired) electrons. The average molecular weight is 528 g/mol. The lowest BCUT2D eigenvalue weighted by atomic mass is 10.1. The number of carbonyl (C=O) groups is 1. The number of anilines is 1. The molecule has 0 saturated carbocycles. The van der Waals surface area contributed by atoms with Crippen molar-refractivity contribution in [1.82, 2.24) is 14.7 Å². The van der Waals surface area contributed by atoms with Crippen LogP contribution < -0.4 is 10.1 Å². The van der Waals surface area contributed by atoms with Crippen LogP contribution in [0.25, 0.3) is 5.69 Å². The molecule has 0 bridgehead atoms. The number of hydrogen-bond acceptors (Lipinski definition) is 6. The van der Waals surface area contributed by atoms with Crippen molar-refractivity contribution in [2.75, 3.05) is 44.8 Å². The molecule has 2 aromatic carbocycles. The Morgan fingerprint density at radius 1 is 1.18 bits per heavy atom. The molecule has 200 valence electrons. The van der Waals surface area contributed by atoms with Crippen LogP contribution >= 0.6 is 0 Å². The molecule has 1 aliphatic rings. The Kier molecular flexibility index (Phi) is 8.66. The van der Waals surface area contributed by atoms with Crippen LogP contribution in [0.2, 0.25) is 0 Å². The van der Waals surface area contributed by atoms with Crippen LogP contribution in [0.3, 0.4) is 0 Å². The number of aromatic nitrogens is 2. The second kappa shape index (κ2) is 12.1. The van der Waals surface area contributed by atoms with Gasteiger partial charge >= 0.3 is 6.18 Å². The van der Waals surface area contributed by atoms with E-state index in [2.05, 4.69) is 21.4 Å². The summed E-state index contributed by atoms with van der Waals surface area (Å²) in [7, 11) is 0. The second-order valence-electron chi connectivity index (χ2n) is 8.75. The summed E-state index contributed by atoms with van der Waals surface area (Å²) in [5, 5.41) is 16.6. The molecule has 11 heteroatoms. The van der Waals surface area contributed by atoms with Crippen molar-refractivity contribution in [1.29, 1.82) is 5.26 Å². The molecular formula is C27H28F3N5O3.